The highest BCUT2D eigenvalue weighted by atomic mass is 35.5. The molecule has 0 heterocycles. The number of nitriles is 1. The number of halogens is 3. The van der Waals surface area contributed by atoms with Crippen molar-refractivity contribution < 1.29 is 8.78 Å². The topological polar surface area (TPSA) is 23.8 Å². The third-order valence-electron chi connectivity index (χ3n) is 1.34. The van der Waals surface area contributed by atoms with Gasteiger partial charge >= 0.3 is 0 Å². The Morgan fingerprint density at radius 1 is 1.73 bits per heavy atom. The summed E-state index contributed by atoms with van der Waals surface area (Å²) in [7, 11) is 0. The highest BCUT2D eigenvalue weighted by Gasteiger charge is 2.35. The molecule has 0 amide bonds. The summed E-state index contributed by atoms with van der Waals surface area (Å²) in [6.07, 6.45) is 2.59. The summed E-state index contributed by atoms with van der Waals surface area (Å²) in [5, 5.41) is 6.07. The molecule has 1 aliphatic rings. The molecule has 1 aliphatic carbocycles. The first-order chi connectivity index (χ1) is 5.06. The molecule has 1 rings (SSSR count). The monoisotopic (exact) mass is 175 g/mol. The van der Waals surface area contributed by atoms with Crippen molar-refractivity contribution in [1.29, 1.82) is 5.26 Å². The molecule has 1 nitrogen and oxygen atoms in total. The fraction of sp³-hybridized carbons (Fsp3) is 0.286. The molecule has 0 aromatic rings. The number of allylic oxidation sites excluding steroid dienone is 4. The predicted molar refractivity (Wildman–Crippen MR) is 37.1 cm³/mol. The van der Waals surface area contributed by atoms with Gasteiger partial charge in [-0.25, -0.2) is 8.78 Å². The molecule has 0 fully saturated rings. The fourth-order valence-corrected chi connectivity index (χ4v) is 0.918. The fourth-order valence-electron chi connectivity index (χ4n) is 0.744. The highest BCUT2D eigenvalue weighted by Crippen LogP contribution is 2.34. The molecule has 0 N–H and O–H groups in total. The Hall–Kier alpha value is -0.880. The van der Waals surface area contributed by atoms with Crippen molar-refractivity contribution in [3.05, 3.63) is 24.1 Å². The minimum Gasteiger partial charge on any atom is -0.220 e. The average Bonchev–Trinajstić information content (AvgIpc) is 1.94. The van der Waals surface area contributed by atoms with Crippen molar-refractivity contribution in [1.82, 2.24) is 0 Å². The van der Waals surface area contributed by atoms with Gasteiger partial charge in [0.05, 0.1) is 6.07 Å². The zero-order valence-corrected chi connectivity index (χ0v) is 6.15. The lowest BCUT2D eigenvalue weighted by Gasteiger charge is -2.18. The van der Waals surface area contributed by atoms with Crippen molar-refractivity contribution in [3.8, 4) is 6.07 Å². The minimum atomic E-state index is -2.26. The molecule has 0 aromatic heterocycles. The maximum Gasteiger partial charge on any atom is 0.221 e. The van der Waals surface area contributed by atoms with Crippen molar-refractivity contribution in [3.63, 3.8) is 0 Å². The van der Waals surface area contributed by atoms with Gasteiger partial charge in [0.25, 0.3) is 0 Å². The Balaban J connectivity index is 2.95. The second-order valence-electron chi connectivity index (χ2n) is 2.17. The van der Waals surface area contributed by atoms with Gasteiger partial charge in [0.15, 0.2) is 0 Å². The molecular formula is C7H4ClF2N. The van der Waals surface area contributed by atoms with Crippen LogP contribution in [0.1, 0.15) is 0 Å². The Morgan fingerprint density at radius 3 is 2.82 bits per heavy atom. The van der Waals surface area contributed by atoms with Crippen LogP contribution in [0.4, 0.5) is 8.78 Å². The van der Waals surface area contributed by atoms with E-state index in [-0.39, 0.29) is 0 Å². The number of hydrogen-bond donors (Lipinski definition) is 0. The minimum absolute atomic E-state index is 0.634. The lowest BCUT2D eigenvalue weighted by Crippen LogP contribution is -2.23. The Labute approximate surface area is 67.6 Å². The standard InChI is InChI=1S/C7H4ClF2N/c8-7(10)2-1-6(9)3-5(7)4-11/h1-3,5H. The van der Waals surface area contributed by atoms with Crippen molar-refractivity contribution in [2.24, 2.45) is 5.92 Å². The zero-order chi connectivity index (χ0) is 8.48. The SMILES string of the molecule is N#CC1C=C(F)C=CC1(F)Cl. The zero-order valence-electron chi connectivity index (χ0n) is 5.39. The summed E-state index contributed by atoms with van der Waals surface area (Å²) in [4.78, 5) is 0. The van der Waals surface area contributed by atoms with Gasteiger partial charge in [0.2, 0.25) is 5.13 Å². The molecule has 2 atom stereocenters. The second-order valence-corrected chi connectivity index (χ2v) is 2.75. The molecule has 0 aromatic carbocycles. The van der Waals surface area contributed by atoms with Crippen LogP contribution in [0.15, 0.2) is 24.1 Å². The average molecular weight is 176 g/mol. The van der Waals surface area contributed by atoms with E-state index in [0.717, 1.165) is 18.2 Å². The van der Waals surface area contributed by atoms with Crippen LogP contribution in [0.2, 0.25) is 0 Å². The normalized spacial score (nSPS) is 36.2. The van der Waals surface area contributed by atoms with Crippen molar-refractivity contribution in [2.75, 3.05) is 0 Å². The summed E-state index contributed by atoms with van der Waals surface area (Å²) in [5.74, 6) is -1.88. The van der Waals surface area contributed by atoms with Crippen LogP contribution in [-0.2, 0) is 0 Å². The Kier molecular flexibility index (Phi) is 1.97. The largest absolute Gasteiger partial charge is 0.221 e. The summed E-state index contributed by atoms with van der Waals surface area (Å²) < 4.78 is 25.3. The molecule has 0 bridgehead atoms. The van der Waals surface area contributed by atoms with Crippen LogP contribution in [0.5, 0.6) is 0 Å². The van der Waals surface area contributed by atoms with Crippen molar-refractivity contribution in [2.45, 2.75) is 5.13 Å². The first-order valence-corrected chi connectivity index (χ1v) is 3.28. The van der Waals surface area contributed by atoms with Gasteiger partial charge < -0.3 is 0 Å². The Bertz CT molecular complexity index is 262. The molecular weight excluding hydrogens is 172 g/mol. The Morgan fingerprint density at radius 2 is 2.36 bits per heavy atom. The van der Waals surface area contributed by atoms with Gasteiger partial charge in [0, 0.05) is 0 Å². The quantitative estimate of drug-likeness (QED) is 0.519. The van der Waals surface area contributed by atoms with E-state index in [1.165, 1.54) is 0 Å². The van der Waals surface area contributed by atoms with Gasteiger partial charge in [-0.05, 0) is 18.2 Å². The van der Waals surface area contributed by atoms with Crippen LogP contribution >= 0.6 is 11.6 Å². The van der Waals surface area contributed by atoms with Crippen LogP contribution in [-0.4, -0.2) is 5.13 Å². The lowest BCUT2D eigenvalue weighted by molar-refractivity contribution is 0.300. The number of rotatable bonds is 0. The van der Waals surface area contributed by atoms with E-state index in [4.69, 9.17) is 16.9 Å². The van der Waals surface area contributed by atoms with Crippen LogP contribution in [0.25, 0.3) is 0 Å². The number of hydrogen-bond acceptors (Lipinski definition) is 1. The molecule has 0 saturated carbocycles. The van der Waals surface area contributed by atoms with Crippen molar-refractivity contribution >= 4 is 11.6 Å². The number of alkyl halides is 2. The maximum atomic E-state index is 13.0. The molecule has 0 saturated heterocycles. The van der Waals surface area contributed by atoms with Gasteiger partial charge in [-0.1, -0.05) is 11.6 Å². The molecule has 0 aliphatic heterocycles. The van der Waals surface area contributed by atoms with Gasteiger partial charge in [-0.15, -0.1) is 0 Å². The summed E-state index contributed by atoms with van der Waals surface area (Å²) in [6.45, 7) is 0. The van der Waals surface area contributed by atoms with E-state index in [1.54, 1.807) is 6.07 Å². The van der Waals surface area contributed by atoms with E-state index in [1.807, 2.05) is 0 Å². The summed E-state index contributed by atoms with van der Waals surface area (Å²) in [5.41, 5.74) is 0. The highest BCUT2D eigenvalue weighted by molar-refractivity contribution is 6.24. The summed E-state index contributed by atoms with van der Waals surface area (Å²) in [6, 6.07) is 1.55. The molecule has 0 radical (unpaired) electrons. The van der Waals surface area contributed by atoms with Crippen LogP contribution < -0.4 is 0 Å². The van der Waals surface area contributed by atoms with Gasteiger partial charge in [-0.3, -0.25) is 0 Å². The molecule has 58 valence electrons. The van der Waals surface area contributed by atoms with Crippen LogP contribution in [0, 0.1) is 17.2 Å². The molecule has 0 spiro atoms. The van der Waals surface area contributed by atoms with E-state index >= 15 is 0 Å². The summed E-state index contributed by atoms with van der Waals surface area (Å²) >= 11 is 5.22. The lowest BCUT2D eigenvalue weighted by atomic mass is 9.99. The second kappa shape index (κ2) is 2.63. The maximum absolute atomic E-state index is 13.0. The first kappa shape index (κ1) is 8.22. The first-order valence-electron chi connectivity index (χ1n) is 2.90. The third kappa shape index (κ3) is 1.58. The number of nitrogens with zero attached hydrogens (tertiary/aromatic N) is 1. The third-order valence-corrected chi connectivity index (χ3v) is 1.71. The van der Waals surface area contributed by atoms with E-state index in [9.17, 15) is 8.78 Å². The molecule has 11 heavy (non-hydrogen) atoms. The van der Waals surface area contributed by atoms with Gasteiger partial charge in [-0.2, -0.15) is 5.26 Å². The van der Waals surface area contributed by atoms with E-state index in [0.29, 0.717) is 0 Å². The molecule has 4 heteroatoms. The van der Waals surface area contributed by atoms with Gasteiger partial charge in [0.1, 0.15) is 11.7 Å². The van der Waals surface area contributed by atoms with E-state index in [2.05, 4.69) is 0 Å². The molecule has 2 unspecified atom stereocenters. The van der Waals surface area contributed by atoms with E-state index < -0.39 is 16.9 Å². The predicted octanol–water partition coefficient (Wildman–Crippen LogP) is 2.45. The van der Waals surface area contributed by atoms with Crippen LogP contribution in [0.3, 0.4) is 0 Å². The smallest absolute Gasteiger partial charge is 0.220 e.